The lowest BCUT2D eigenvalue weighted by Crippen LogP contribution is -2.40. The van der Waals surface area contributed by atoms with Crippen LogP contribution in [0.2, 0.25) is 0 Å². The summed E-state index contributed by atoms with van der Waals surface area (Å²) in [6, 6.07) is 9.73. The number of ether oxygens (including phenoxy) is 1. The van der Waals surface area contributed by atoms with Gasteiger partial charge in [-0.15, -0.1) is 0 Å². The second kappa shape index (κ2) is 8.16. The minimum absolute atomic E-state index is 0.452. The fraction of sp³-hybridized carbons (Fsp3) is 0.647. The van der Waals surface area contributed by atoms with E-state index in [9.17, 15) is 0 Å². The third kappa shape index (κ3) is 4.57. The van der Waals surface area contributed by atoms with E-state index in [2.05, 4.69) is 59.4 Å². The highest BCUT2D eigenvalue weighted by Gasteiger charge is 2.24. The molecule has 3 unspecified atom stereocenters. The van der Waals surface area contributed by atoms with Crippen LogP contribution in [0.5, 0.6) is 0 Å². The molecule has 1 saturated heterocycles. The second-order valence-electron chi connectivity index (χ2n) is 5.68. The molecule has 0 radical (unpaired) electrons. The van der Waals surface area contributed by atoms with Crippen molar-refractivity contribution in [2.75, 3.05) is 6.61 Å². The number of benzene rings is 1. The van der Waals surface area contributed by atoms with Crippen LogP contribution in [0.25, 0.3) is 0 Å². The van der Waals surface area contributed by atoms with Crippen molar-refractivity contribution in [3.8, 4) is 0 Å². The van der Waals surface area contributed by atoms with Crippen molar-refractivity contribution < 1.29 is 4.74 Å². The van der Waals surface area contributed by atoms with E-state index in [1.807, 2.05) is 0 Å². The van der Waals surface area contributed by atoms with Gasteiger partial charge in [0.2, 0.25) is 0 Å². The smallest absolute Gasteiger partial charge is 0.0589 e. The van der Waals surface area contributed by atoms with Crippen molar-refractivity contribution in [1.29, 1.82) is 0 Å². The average Bonchev–Trinajstić information content (AvgIpc) is 2.47. The quantitative estimate of drug-likeness (QED) is 0.800. The minimum Gasteiger partial charge on any atom is -0.378 e. The fourth-order valence-electron chi connectivity index (χ4n) is 2.98. The summed E-state index contributed by atoms with van der Waals surface area (Å²) in [5.74, 6) is 0. The Morgan fingerprint density at radius 2 is 2.05 bits per heavy atom. The van der Waals surface area contributed by atoms with Gasteiger partial charge in [-0.05, 0) is 43.4 Å². The Morgan fingerprint density at radius 1 is 1.30 bits per heavy atom. The second-order valence-corrected chi connectivity index (χ2v) is 6.60. The molecule has 1 aromatic rings. The third-order valence-electron chi connectivity index (χ3n) is 4.10. The van der Waals surface area contributed by atoms with E-state index >= 15 is 0 Å². The highest BCUT2D eigenvalue weighted by molar-refractivity contribution is 9.10. The van der Waals surface area contributed by atoms with Crippen molar-refractivity contribution in [2.45, 2.75) is 64.1 Å². The highest BCUT2D eigenvalue weighted by Crippen LogP contribution is 2.24. The molecule has 0 aliphatic carbocycles. The molecule has 1 aliphatic heterocycles. The third-order valence-corrected chi connectivity index (χ3v) is 4.62. The monoisotopic (exact) mass is 339 g/mol. The van der Waals surface area contributed by atoms with Gasteiger partial charge in [0, 0.05) is 23.2 Å². The molecule has 2 rings (SSSR count). The predicted molar refractivity (Wildman–Crippen MR) is 88.0 cm³/mol. The molecule has 0 aromatic heterocycles. The molecule has 20 heavy (non-hydrogen) atoms. The number of rotatable bonds is 6. The van der Waals surface area contributed by atoms with Gasteiger partial charge in [0.1, 0.15) is 0 Å². The maximum atomic E-state index is 5.84. The average molecular weight is 340 g/mol. The van der Waals surface area contributed by atoms with Crippen LogP contribution in [-0.4, -0.2) is 18.8 Å². The number of nitrogens with one attached hydrogen (secondary N) is 1. The zero-order valence-corrected chi connectivity index (χ0v) is 14.2. The van der Waals surface area contributed by atoms with Gasteiger partial charge in [-0.2, -0.15) is 0 Å². The van der Waals surface area contributed by atoms with E-state index in [4.69, 9.17) is 4.74 Å². The van der Waals surface area contributed by atoms with Gasteiger partial charge in [-0.25, -0.2) is 0 Å². The summed E-state index contributed by atoms with van der Waals surface area (Å²) in [6.45, 7) is 5.39. The summed E-state index contributed by atoms with van der Waals surface area (Å²) < 4.78 is 6.98. The molecule has 0 spiro atoms. The van der Waals surface area contributed by atoms with Crippen molar-refractivity contribution in [3.05, 3.63) is 34.3 Å². The summed E-state index contributed by atoms with van der Waals surface area (Å²) in [5.41, 5.74) is 1.38. The van der Waals surface area contributed by atoms with Gasteiger partial charge < -0.3 is 10.1 Å². The molecular formula is C17H26BrNO. The highest BCUT2D eigenvalue weighted by atomic mass is 79.9. The fourth-order valence-corrected chi connectivity index (χ4v) is 3.25. The first kappa shape index (κ1) is 16.0. The molecule has 1 heterocycles. The van der Waals surface area contributed by atoms with Gasteiger partial charge in [-0.1, -0.05) is 48.3 Å². The Morgan fingerprint density at radius 3 is 2.70 bits per heavy atom. The van der Waals surface area contributed by atoms with Gasteiger partial charge >= 0.3 is 0 Å². The molecule has 2 nitrogen and oxygen atoms in total. The summed E-state index contributed by atoms with van der Waals surface area (Å²) in [6.07, 6.45) is 6.26. The van der Waals surface area contributed by atoms with Crippen LogP contribution in [0.15, 0.2) is 28.7 Å². The lowest BCUT2D eigenvalue weighted by molar-refractivity contribution is -0.00515. The van der Waals surface area contributed by atoms with Crippen LogP contribution < -0.4 is 5.32 Å². The van der Waals surface area contributed by atoms with E-state index in [-0.39, 0.29) is 0 Å². The van der Waals surface area contributed by atoms with Gasteiger partial charge in [0.05, 0.1) is 6.10 Å². The standard InChI is InChI=1S/C17H26BrNO/c1-3-5-16-12-15(10-11-20-16)19-17(4-2)13-6-8-14(18)9-7-13/h6-9,15-17,19H,3-5,10-12H2,1-2H3. The molecule has 1 fully saturated rings. The molecule has 0 saturated carbocycles. The molecule has 1 N–H and O–H groups in total. The first-order chi connectivity index (χ1) is 9.72. The Balaban J connectivity index is 1.93. The van der Waals surface area contributed by atoms with Crippen LogP contribution in [0.1, 0.15) is 57.6 Å². The Bertz CT molecular complexity index is 390. The van der Waals surface area contributed by atoms with Crippen LogP contribution in [0.4, 0.5) is 0 Å². The molecular weight excluding hydrogens is 314 g/mol. The lowest BCUT2D eigenvalue weighted by Gasteiger charge is -2.33. The molecule has 1 aliphatic rings. The Hall–Kier alpha value is -0.380. The molecule has 112 valence electrons. The maximum Gasteiger partial charge on any atom is 0.0589 e. The summed E-state index contributed by atoms with van der Waals surface area (Å²) in [5, 5.41) is 3.83. The van der Waals surface area contributed by atoms with Crippen molar-refractivity contribution in [1.82, 2.24) is 5.32 Å². The van der Waals surface area contributed by atoms with Crippen LogP contribution >= 0.6 is 15.9 Å². The minimum atomic E-state index is 0.452. The van der Waals surface area contributed by atoms with Gasteiger partial charge in [0.25, 0.3) is 0 Å². The maximum absolute atomic E-state index is 5.84. The van der Waals surface area contributed by atoms with Crippen LogP contribution in [-0.2, 0) is 4.74 Å². The van der Waals surface area contributed by atoms with Gasteiger partial charge in [-0.3, -0.25) is 0 Å². The van der Waals surface area contributed by atoms with Crippen molar-refractivity contribution in [2.24, 2.45) is 0 Å². The zero-order chi connectivity index (χ0) is 14.4. The van der Waals surface area contributed by atoms with E-state index in [0.717, 1.165) is 30.3 Å². The lowest BCUT2D eigenvalue weighted by atomic mass is 9.97. The molecule has 0 amide bonds. The molecule has 1 aromatic carbocycles. The predicted octanol–water partition coefficient (Wildman–Crippen LogP) is 4.84. The molecule has 3 atom stereocenters. The van der Waals surface area contributed by atoms with Crippen molar-refractivity contribution in [3.63, 3.8) is 0 Å². The van der Waals surface area contributed by atoms with Crippen LogP contribution in [0.3, 0.4) is 0 Å². The summed E-state index contributed by atoms with van der Waals surface area (Å²) >= 11 is 3.50. The van der Waals surface area contributed by atoms with E-state index in [0.29, 0.717) is 18.2 Å². The van der Waals surface area contributed by atoms with E-state index in [1.165, 1.54) is 18.4 Å². The number of hydrogen-bond acceptors (Lipinski definition) is 2. The zero-order valence-electron chi connectivity index (χ0n) is 12.6. The summed E-state index contributed by atoms with van der Waals surface area (Å²) in [4.78, 5) is 0. The molecule has 3 heteroatoms. The van der Waals surface area contributed by atoms with E-state index in [1.54, 1.807) is 0 Å². The first-order valence-corrected chi connectivity index (χ1v) is 8.65. The SMILES string of the molecule is CCCC1CC(NC(CC)c2ccc(Br)cc2)CCO1. The topological polar surface area (TPSA) is 21.3 Å². The van der Waals surface area contributed by atoms with Gasteiger partial charge in [0.15, 0.2) is 0 Å². The summed E-state index contributed by atoms with van der Waals surface area (Å²) in [7, 11) is 0. The first-order valence-electron chi connectivity index (χ1n) is 7.86. The Kier molecular flexibility index (Phi) is 6.53. The normalized spacial score (nSPS) is 24.6. The van der Waals surface area contributed by atoms with E-state index < -0.39 is 0 Å². The number of hydrogen-bond donors (Lipinski definition) is 1. The van der Waals surface area contributed by atoms with Crippen molar-refractivity contribution >= 4 is 15.9 Å². The largest absolute Gasteiger partial charge is 0.378 e. The Labute approximate surface area is 131 Å². The number of halogens is 1. The molecule has 0 bridgehead atoms. The van der Waals surface area contributed by atoms with Crippen LogP contribution in [0, 0.1) is 0 Å².